The van der Waals surface area contributed by atoms with E-state index in [1.54, 1.807) is 35.2 Å². The van der Waals surface area contributed by atoms with Crippen molar-refractivity contribution in [3.63, 3.8) is 0 Å². The average molecular weight is 309 g/mol. The van der Waals surface area contributed by atoms with Gasteiger partial charge in [0.15, 0.2) is 4.34 Å². The monoisotopic (exact) mass is 309 g/mol. The van der Waals surface area contributed by atoms with Gasteiger partial charge in [-0.25, -0.2) is 4.79 Å². The lowest BCUT2D eigenvalue weighted by Crippen LogP contribution is -2.07. The molecule has 1 N–H and O–H groups in total. The fraction of sp³-hybridized carbons (Fsp3) is 0.308. The minimum atomic E-state index is -0.896. The first kappa shape index (κ1) is 14.8. The lowest BCUT2D eigenvalue weighted by atomic mass is 10.1. The second-order valence-electron chi connectivity index (χ2n) is 4.48. The number of aromatic carboxylic acids is 1. The van der Waals surface area contributed by atoms with Crippen LogP contribution in [0.4, 0.5) is 5.13 Å². The molecule has 0 spiro atoms. The minimum absolute atomic E-state index is 0.321. The Hall–Kier alpha value is -1.60. The number of carboxylic acid groups (broad SMARTS) is 1. The fourth-order valence-electron chi connectivity index (χ4n) is 1.57. The first-order valence-corrected chi connectivity index (χ1v) is 7.74. The molecule has 1 heterocycles. The maximum atomic E-state index is 10.9. The van der Waals surface area contributed by atoms with Gasteiger partial charge in [0.05, 0.1) is 5.56 Å². The highest BCUT2D eigenvalue weighted by Gasteiger charge is 2.09. The van der Waals surface area contributed by atoms with Crippen molar-refractivity contribution in [2.45, 2.75) is 17.0 Å². The second kappa shape index (κ2) is 6.23. The Morgan fingerprint density at radius 2 is 2.15 bits per heavy atom. The number of carboxylic acids is 1. The molecule has 20 heavy (non-hydrogen) atoms. The number of carbonyl (C=O) groups is 1. The first-order valence-electron chi connectivity index (χ1n) is 5.94. The molecule has 0 radical (unpaired) electrons. The van der Waals surface area contributed by atoms with Gasteiger partial charge in [0, 0.05) is 19.8 Å². The fourth-order valence-corrected chi connectivity index (χ4v) is 3.41. The van der Waals surface area contributed by atoms with E-state index in [0.29, 0.717) is 5.56 Å². The summed E-state index contributed by atoms with van der Waals surface area (Å²) in [4.78, 5) is 12.8. The summed E-state index contributed by atoms with van der Waals surface area (Å²) in [5.41, 5.74) is 2.42. The van der Waals surface area contributed by atoms with E-state index < -0.39 is 5.97 Å². The molecule has 0 saturated carbocycles. The number of anilines is 1. The normalized spacial score (nSPS) is 10.6. The van der Waals surface area contributed by atoms with Crippen molar-refractivity contribution in [3.8, 4) is 0 Å². The zero-order chi connectivity index (χ0) is 14.7. The maximum absolute atomic E-state index is 10.9. The van der Waals surface area contributed by atoms with Gasteiger partial charge in [-0.3, -0.25) is 0 Å². The third-order valence-corrected chi connectivity index (χ3v) is 4.99. The molecule has 0 atom stereocenters. The first-order chi connectivity index (χ1) is 9.47. The SMILES string of the molecule is Cc1cc(C(=O)O)ccc1CSc1nnc(N(C)C)s1. The van der Waals surface area contributed by atoms with E-state index >= 15 is 0 Å². The largest absolute Gasteiger partial charge is 0.478 e. The maximum Gasteiger partial charge on any atom is 0.335 e. The molecule has 0 aliphatic heterocycles. The topological polar surface area (TPSA) is 66.3 Å². The smallest absolute Gasteiger partial charge is 0.335 e. The number of benzene rings is 1. The van der Waals surface area contributed by atoms with Crippen LogP contribution in [0.15, 0.2) is 22.5 Å². The number of aryl methyl sites for hydroxylation is 1. The van der Waals surface area contributed by atoms with Gasteiger partial charge in [0.2, 0.25) is 5.13 Å². The average Bonchev–Trinajstić information content (AvgIpc) is 2.86. The molecule has 1 aromatic carbocycles. The number of rotatable bonds is 5. The Morgan fingerprint density at radius 1 is 1.40 bits per heavy atom. The number of hydrogen-bond acceptors (Lipinski definition) is 6. The molecule has 1 aromatic heterocycles. The molecule has 0 amide bonds. The second-order valence-corrected chi connectivity index (χ2v) is 6.66. The summed E-state index contributed by atoms with van der Waals surface area (Å²) in [5, 5.41) is 18.0. The number of aromatic nitrogens is 2. The van der Waals surface area contributed by atoms with Crippen LogP contribution < -0.4 is 4.90 Å². The van der Waals surface area contributed by atoms with E-state index in [-0.39, 0.29) is 0 Å². The van der Waals surface area contributed by atoms with Gasteiger partial charge in [-0.15, -0.1) is 10.2 Å². The Morgan fingerprint density at radius 3 is 2.70 bits per heavy atom. The molecule has 0 fully saturated rings. The zero-order valence-electron chi connectivity index (χ0n) is 11.5. The van der Waals surface area contributed by atoms with Crippen molar-refractivity contribution < 1.29 is 9.90 Å². The van der Waals surface area contributed by atoms with Crippen molar-refractivity contribution in [2.24, 2.45) is 0 Å². The Balaban J connectivity index is 2.05. The Labute approximate surface area is 125 Å². The molecule has 0 saturated heterocycles. The number of thioether (sulfide) groups is 1. The predicted octanol–water partition coefficient (Wildman–Crippen LogP) is 2.90. The minimum Gasteiger partial charge on any atom is -0.478 e. The molecular weight excluding hydrogens is 294 g/mol. The molecule has 0 unspecified atom stereocenters. The van der Waals surface area contributed by atoms with Crippen molar-refractivity contribution in [3.05, 3.63) is 34.9 Å². The summed E-state index contributed by atoms with van der Waals surface area (Å²) in [6.07, 6.45) is 0. The van der Waals surface area contributed by atoms with Crippen LogP contribution in [0.2, 0.25) is 0 Å². The summed E-state index contributed by atoms with van der Waals surface area (Å²) < 4.78 is 0.912. The number of nitrogens with zero attached hydrogens (tertiary/aromatic N) is 3. The van der Waals surface area contributed by atoms with Crippen molar-refractivity contribution in [1.29, 1.82) is 0 Å². The van der Waals surface area contributed by atoms with Gasteiger partial charge < -0.3 is 10.0 Å². The molecule has 0 bridgehead atoms. The van der Waals surface area contributed by atoms with Gasteiger partial charge in [-0.2, -0.15) is 0 Å². The van der Waals surface area contributed by atoms with Crippen LogP contribution in [0, 0.1) is 6.92 Å². The summed E-state index contributed by atoms with van der Waals surface area (Å²) >= 11 is 3.16. The highest BCUT2D eigenvalue weighted by Crippen LogP contribution is 2.30. The Kier molecular flexibility index (Phi) is 4.61. The molecule has 5 nitrogen and oxygen atoms in total. The van der Waals surface area contributed by atoms with E-state index in [1.165, 1.54) is 0 Å². The molecule has 0 aliphatic rings. The third kappa shape index (κ3) is 3.49. The molecule has 7 heteroatoms. The van der Waals surface area contributed by atoms with Gasteiger partial charge in [-0.1, -0.05) is 29.2 Å². The molecule has 2 aromatic rings. The highest BCUT2D eigenvalue weighted by atomic mass is 32.2. The standard InChI is InChI=1S/C13H15N3O2S2/c1-8-6-9(11(17)18)4-5-10(8)7-19-13-15-14-12(20-13)16(2)3/h4-6H,7H2,1-3H3,(H,17,18). The molecule has 2 rings (SSSR count). The van der Waals surface area contributed by atoms with Crippen LogP contribution in [0.25, 0.3) is 0 Å². The van der Waals surface area contributed by atoms with Crippen LogP contribution in [0.3, 0.4) is 0 Å². The van der Waals surface area contributed by atoms with Crippen molar-refractivity contribution >= 4 is 34.2 Å². The highest BCUT2D eigenvalue weighted by molar-refractivity contribution is 8.00. The summed E-state index contributed by atoms with van der Waals surface area (Å²) in [5.74, 6) is -0.139. The van der Waals surface area contributed by atoms with Gasteiger partial charge in [0.25, 0.3) is 0 Å². The van der Waals surface area contributed by atoms with Crippen LogP contribution in [-0.4, -0.2) is 35.4 Å². The molecular formula is C13H15N3O2S2. The van der Waals surface area contributed by atoms with Crippen molar-refractivity contribution in [1.82, 2.24) is 10.2 Å². The van der Waals surface area contributed by atoms with Crippen LogP contribution >= 0.6 is 23.1 Å². The van der Waals surface area contributed by atoms with Gasteiger partial charge in [0.1, 0.15) is 0 Å². The van der Waals surface area contributed by atoms with Crippen molar-refractivity contribution in [2.75, 3.05) is 19.0 Å². The van der Waals surface area contributed by atoms with Crippen LogP contribution in [0.1, 0.15) is 21.5 Å². The van der Waals surface area contributed by atoms with E-state index in [2.05, 4.69) is 10.2 Å². The van der Waals surface area contributed by atoms with Crippen LogP contribution in [-0.2, 0) is 5.75 Å². The zero-order valence-corrected chi connectivity index (χ0v) is 13.1. The molecule has 0 aliphatic carbocycles. The van der Waals surface area contributed by atoms with Gasteiger partial charge in [-0.05, 0) is 30.2 Å². The number of hydrogen-bond donors (Lipinski definition) is 1. The van der Waals surface area contributed by atoms with E-state index in [0.717, 1.165) is 26.4 Å². The Bertz CT molecular complexity index is 626. The summed E-state index contributed by atoms with van der Waals surface area (Å²) in [6, 6.07) is 5.19. The lowest BCUT2D eigenvalue weighted by molar-refractivity contribution is 0.0697. The lowest BCUT2D eigenvalue weighted by Gasteiger charge is -2.05. The van der Waals surface area contributed by atoms with E-state index in [9.17, 15) is 4.79 Å². The molecule has 106 valence electrons. The summed E-state index contributed by atoms with van der Waals surface area (Å²) in [6.45, 7) is 1.92. The van der Waals surface area contributed by atoms with Crippen LogP contribution in [0.5, 0.6) is 0 Å². The van der Waals surface area contributed by atoms with E-state index in [1.807, 2.05) is 32.0 Å². The summed E-state index contributed by atoms with van der Waals surface area (Å²) in [7, 11) is 3.87. The quantitative estimate of drug-likeness (QED) is 0.857. The van der Waals surface area contributed by atoms with E-state index in [4.69, 9.17) is 5.11 Å². The van der Waals surface area contributed by atoms with Gasteiger partial charge >= 0.3 is 5.97 Å². The predicted molar refractivity (Wildman–Crippen MR) is 81.9 cm³/mol. The third-order valence-electron chi connectivity index (χ3n) is 2.72.